The van der Waals surface area contributed by atoms with Crippen LogP contribution in [0.5, 0.6) is 0 Å². The van der Waals surface area contributed by atoms with Gasteiger partial charge in [-0.2, -0.15) is 10.2 Å². The number of nitrogens with zero attached hydrogens (tertiary/aromatic N) is 5. The number of fused-ring (bicyclic) bond motifs is 1. The summed E-state index contributed by atoms with van der Waals surface area (Å²) in [7, 11) is 0. The highest BCUT2D eigenvalue weighted by Gasteiger charge is 2.24. The molecular weight excluding hydrogens is 368 g/mol. The van der Waals surface area contributed by atoms with Crippen LogP contribution in [0.3, 0.4) is 0 Å². The number of carbonyl (C=O) groups excluding carboxylic acids is 2. The fourth-order valence-corrected chi connectivity index (χ4v) is 3.29. The van der Waals surface area contributed by atoms with Gasteiger partial charge in [-0.05, 0) is 31.2 Å². The molecule has 1 N–H and O–H groups in total. The van der Waals surface area contributed by atoms with Gasteiger partial charge >= 0.3 is 0 Å². The largest absolute Gasteiger partial charge is 0.322 e. The fraction of sp³-hybridized carbons (Fsp3) is 0.286. The third-order valence-electron chi connectivity index (χ3n) is 4.68. The Balaban J connectivity index is 1.63. The van der Waals surface area contributed by atoms with E-state index >= 15 is 0 Å². The molecule has 0 radical (unpaired) electrons. The molecule has 2 aromatic heterocycles. The molecule has 0 saturated heterocycles. The van der Waals surface area contributed by atoms with Gasteiger partial charge in [-0.1, -0.05) is 26.8 Å². The number of carbonyl (C=O) groups is 2. The van der Waals surface area contributed by atoms with Crippen molar-refractivity contribution < 1.29 is 9.59 Å². The molecule has 0 unspecified atom stereocenters. The van der Waals surface area contributed by atoms with Gasteiger partial charge in [-0.15, -0.1) is 0 Å². The molecule has 8 nitrogen and oxygen atoms in total. The van der Waals surface area contributed by atoms with Crippen LogP contribution in [0.15, 0.2) is 47.8 Å². The molecule has 0 spiro atoms. The number of benzene rings is 1. The van der Waals surface area contributed by atoms with Crippen molar-refractivity contribution in [3.8, 4) is 0 Å². The van der Waals surface area contributed by atoms with E-state index in [2.05, 4.69) is 41.3 Å². The van der Waals surface area contributed by atoms with Crippen molar-refractivity contribution >= 4 is 34.5 Å². The number of hydrogen-bond acceptors (Lipinski definition) is 5. The minimum absolute atomic E-state index is 0.0903. The standard InChI is InChI=1S/C21H22N6O2/c1-13-10-18(28)26(25-13)15-7-5-6-14(11-15)24-20(29)16-12-23-27-17(21(2,3)4)8-9-22-19(16)27/h5-9,11-12H,10H2,1-4H3,(H,24,29). The van der Waals surface area contributed by atoms with Crippen LogP contribution < -0.4 is 10.3 Å². The van der Waals surface area contributed by atoms with Crippen molar-refractivity contribution in [3.05, 3.63) is 54.0 Å². The van der Waals surface area contributed by atoms with Gasteiger partial charge in [0, 0.05) is 23.0 Å². The zero-order valence-electron chi connectivity index (χ0n) is 16.8. The second-order valence-electron chi connectivity index (χ2n) is 8.10. The van der Waals surface area contributed by atoms with Crippen LogP contribution in [-0.4, -0.2) is 32.1 Å². The number of aromatic nitrogens is 3. The van der Waals surface area contributed by atoms with E-state index in [1.807, 2.05) is 13.0 Å². The summed E-state index contributed by atoms with van der Waals surface area (Å²) in [4.78, 5) is 29.3. The maximum absolute atomic E-state index is 12.9. The second-order valence-corrected chi connectivity index (χ2v) is 8.10. The van der Waals surface area contributed by atoms with Crippen molar-refractivity contribution in [2.24, 2.45) is 5.10 Å². The number of hydrogen-bond donors (Lipinski definition) is 1. The first-order valence-electron chi connectivity index (χ1n) is 9.36. The summed E-state index contributed by atoms with van der Waals surface area (Å²) in [6, 6.07) is 8.94. The van der Waals surface area contributed by atoms with E-state index in [0.717, 1.165) is 11.4 Å². The number of nitrogens with one attached hydrogen (secondary N) is 1. The van der Waals surface area contributed by atoms with E-state index < -0.39 is 0 Å². The molecule has 1 aliphatic heterocycles. The quantitative estimate of drug-likeness (QED) is 0.742. The summed E-state index contributed by atoms with van der Waals surface area (Å²) in [6.45, 7) is 8.06. The summed E-state index contributed by atoms with van der Waals surface area (Å²) in [6.07, 6.45) is 3.52. The zero-order valence-corrected chi connectivity index (χ0v) is 16.8. The Morgan fingerprint density at radius 1 is 1.21 bits per heavy atom. The van der Waals surface area contributed by atoms with Crippen LogP contribution in [-0.2, 0) is 10.2 Å². The van der Waals surface area contributed by atoms with Gasteiger partial charge in [0.05, 0.1) is 24.0 Å². The van der Waals surface area contributed by atoms with Crippen LogP contribution in [0.25, 0.3) is 5.65 Å². The molecule has 0 saturated carbocycles. The van der Waals surface area contributed by atoms with E-state index in [1.165, 1.54) is 11.2 Å². The Labute approximate surface area is 168 Å². The highest BCUT2D eigenvalue weighted by atomic mass is 16.2. The Hall–Kier alpha value is -3.55. The molecule has 1 aromatic carbocycles. The SMILES string of the molecule is CC1=NN(c2cccc(NC(=O)c3cnn4c(C(C)(C)C)ccnc34)c2)C(=O)C1. The monoisotopic (exact) mass is 390 g/mol. The van der Waals surface area contributed by atoms with Crippen LogP contribution in [0, 0.1) is 0 Å². The van der Waals surface area contributed by atoms with Crippen molar-refractivity contribution in [1.29, 1.82) is 0 Å². The van der Waals surface area contributed by atoms with Crippen molar-refractivity contribution in [1.82, 2.24) is 14.6 Å². The predicted molar refractivity (Wildman–Crippen MR) is 111 cm³/mol. The maximum atomic E-state index is 12.9. The molecule has 0 bridgehead atoms. The summed E-state index contributed by atoms with van der Waals surface area (Å²) < 4.78 is 1.70. The highest BCUT2D eigenvalue weighted by Crippen LogP contribution is 2.25. The molecule has 29 heavy (non-hydrogen) atoms. The summed E-state index contributed by atoms with van der Waals surface area (Å²) >= 11 is 0. The minimum atomic E-state index is -0.317. The Bertz CT molecular complexity index is 1160. The molecule has 2 amide bonds. The van der Waals surface area contributed by atoms with Gasteiger partial charge in [0.1, 0.15) is 5.56 Å². The lowest BCUT2D eigenvalue weighted by atomic mass is 9.92. The Kier molecular flexibility index (Phi) is 4.41. The lowest BCUT2D eigenvalue weighted by Gasteiger charge is -2.19. The third kappa shape index (κ3) is 3.49. The number of hydrazone groups is 1. The van der Waals surface area contributed by atoms with E-state index in [1.54, 1.807) is 35.0 Å². The van der Waals surface area contributed by atoms with Crippen molar-refractivity contribution in [2.45, 2.75) is 39.5 Å². The molecule has 3 heterocycles. The van der Waals surface area contributed by atoms with Gasteiger partial charge in [0.2, 0.25) is 0 Å². The maximum Gasteiger partial charge on any atom is 0.261 e. The molecule has 3 aromatic rings. The average molecular weight is 390 g/mol. The first-order chi connectivity index (χ1) is 13.7. The van der Waals surface area contributed by atoms with Crippen LogP contribution in [0.4, 0.5) is 11.4 Å². The third-order valence-corrected chi connectivity index (χ3v) is 4.68. The smallest absolute Gasteiger partial charge is 0.261 e. The average Bonchev–Trinajstić information content (AvgIpc) is 3.23. The zero-order chi connectivity index (χ0) is 20.8. The number of amides is 2. The topological polar surface area (TPSA) is 92.0 Å². The Morgan fingerprint density at radius 3 is 2.69 bits per heavy atom. The number of rotatable bonds is 3. The normalized spacial score (nSPS) is 14.4. The molecular formula is C21H22N6O2. The molecule has 0 fully saturated rings. The van der Waals surface area contributed by atoms with Gasteiger partial charge in [0.25, 0.3) is 11.8 Å². The fourth-order valence-electron chi connectivity index (χ4n) is 3.29. The van der Waals surface area contributed by atoms with Crippen LogP contribution >= 0.6 is 0 Å². The summed E-state index contributed by atoms with van der Waals surface area (Å²) in [5.41, 5.74) is 3.63. The predicted octanol–water partition coefficient (Wildman–Crippen LogP) is 3.39. The van der Waals surface area contributed by atoms with Crippen LogP contribution in [0.1, 0.15) is 50.2 Å². The van der Waals surface area contributed by atoms with Gasteiger partial charge in [0.15, 0.2) is 5.65 Å². The first-order valence-corrected chi connectivity index (χ1v) is 9.36. The van der Waals surface area contributed by atoms with E-state index in [-0.39, 0.29) is 17.2 Å². The lowest BCUT2D eigenvalue weighted by molar-refractivity contribution is -0.116. The summed E-state index contributed by atoms with van der Waals surface area (Å²) in [5.74, 6) is -0.407. The Morgan fingerprint density at radius 2 is 2.00 bits per heavy atom. The first kappa shape index (κ1) is 18.8. The number of anilines is 2. The molecule has 0 atom stereocenters. The molecule has 148 valence electrons. The van der Waals surface area contributed by atoms with E-state index in [0.29, 0.717) is 29.0 Å². The highest BCUT2D eigenvalue weighted by molar-refractivity contribution is 6.12. The van der Waals surface area contributed by atoms with Crippen LogP contribution in [0.2, 0.25) is 0 Å². The van der Waals surface area contributed by atoms with E-state index in [4.69, 9.17) is 0 Å². The van der Waals surface area contributed by atoms with Crippen molar-refractivity contribution in [2.75, 3.05) is 10.3 Å². The van der Waals surface area contributed by atoms with Gasteiger partial charge in [-0.25, -0.2) is 14.5 Å². The van der Waals surface area contributed by atoms with Crippen molar-refractivity contribution in [3.63, 3.8) is 0 Å². The molecule has 0 aliphatic carbocycles. The second kappa shape index (κ2) is 6.80. The molecule has 1 aliphatic rings. The van der Waals surface area contributed by atoms with Gasteiger partial charge in [-0.3, -0.25) is 9.59 Å². The lowest BCUT2D eigenvalue weighted by Crippen LogP contribution is -2.20. The molecule has 8 heteroatoms. The molecule has 4 rings (SSSR count). The van der Waals surface area contributed by atoms with Gasteiger partial charge < -0.3 is 5.32 Å². The minimum Gasteiger partial charge on any atom is -0.322 e. The summed E-state index contributed by atoms with van der Waals surface area (Å²) in [5, 5.41) is 12.8. The van der Waals surface area contributed by atoms with E-state index in [9.17, 15) is 9.59 Å².